The molecular weight excluding hydrogens is 406 g/mol. The fourth-order valence-corrected chi connectivity index (χ4v) is 4.57. The normalized spacial score (nSPS) is 19.6. The van der Waals surface area contributed by atoms with Gasteiger partial charge in [-0.2, -0.15) is 0 Å². The summed E-state index contributed by atoms with van der Waals surface area (Å²) >= 11 is 0. The van der Waals surface area contributed by atoms with E-state index >= 15 is 0 Å². The molecular formula is C29H33N3O. The van der Waals surface area contributed by atoms with Crippen LogP contribution in [0.5, 0.6) is 0 Å². The zero-order valence-corrected chi connectivity index (χ0v) is 20.2. The van der Waals surface area contributed by atoms with Gasteiger partial charge >= 0.3 is 0 Å². The topological polar surface area (TPSA) is 36.4 Å². The number of pyridine rings is 1. The number of likely N-dealkylation sites (tertiary alicyclic amines) is 1. The molecule has 0 aliphatic carbocycles. The molecule has 0 spiro atoms. The summed E-state index contributed by atoms with van der Waals surface area (Å²) in [6, 6.07) is 22.9. The number of aromatic nitrogens is 1. The Labute approximate surface area is 197 Å². The summed E-state index contributed by atoms with van der Waals surface area (Å²) in [5.74, 6) is 0.190. The molecule has 0 amide bonds. The number of benzene rings is 2. The van der Waals surface area contributed by atoms with Crippen LogP contribution in [0.3, 0.4) is 0 Å². The average Bonchev–Trinajstić information content (AvgIpc) is 2.79. The minimum Gasteiger partial charge on any atom is -0.378 e. The van der Waals surface area contributed by atoms with E-state index in [1.807, 2.05) is 38.4 Å². The number of piperidine rings is 1. The highest BCUT2D eigenvalue weighted by molar-refractivity contribution is 6.05. The number of nitrogens with zero attached hydrogens (tertiary/aromatic N) is 3. The predicted molar refractivity (Wildman–Crippen MR) is 136 cm³/mol. The molecule has 2 heterocycles. The number of Topliss-reactive ketones (excluding diaryl/α,β-unsaturated/α-hetero) is 1. The van der Waals surface area contributed by atoms with E-state index in [0.717, 1.165) is 29.1 Å². The van der Waals surface area contributed by atoms with Crippen molar-refractivity contribution >= 4 is 17.5 Å². The van der Waals surface area contributed by atoms with E-state index in [9.17, 15) is 4.79 Å². The lowest BCUT2D eigenvalue weighted by atomic mass is 9.74. The Bertz CT molecular complexity index is 1130. The van der Waals surface area contributed by atoms with Gasteiger partial charge in [0.15, 0.2) is 5.78 Å². The smallest absolute Gasteiger partial charge is 0.167 e. The van der Waals surface area contributed by atoms with Crippen LogP contribution in [-0.2, 0) is 11.3 Å². The maximum atomic E-state index is 13.7. The number of carbonyl (C=O) groups excluding carboxylic acids is 1. The van der Waals surface area contributed by atoms with E-state index in [1.54, 1.807) is 6.20 Å². The highest BCUT2D eigenvalue weighted by atomic mass is 16.1. The zero-order valence-electron chi connectivity index (χ0n) is 20.2. The van der Waals surface area contributed by atoms with Crippen LogP contribution in [0, 0.1) is 12.3 Å². The second-order valence-corrected chi connectivity index (χ2v) is 9.85. The molecule has 170 valence electrons. The van der Waals surface area contributed by atoms with Crippen molar-refractivity contribution < 1.29 is 4.79 Å². The van der Waals surface area contributed by atoms with Crippen LogP contribution < -0.4 is 4.90 Å². The Hall–Kier alpha value is -3.24. The minimum atomic E-state index is -0.481. The van der Waals surface area contributed by atoms with Gasteiger partial charge < -0.3 is 4.90 Å². The van der Waals surface area contributed by atoms with Gasteiger partial charge in [0.2, 0.25) is 0 Å². The van der Waals surface area contributed by atoms with E-state index in [1.165, 1.54) is 11.1 Å². The van der Waals surface area contributed by atoms with Crippen molar-refractivity contribution in [1.29, 1.82) is 0 Å². The molecule has 0 saturated carbocycles. The number of rotatable bonds is 5. The lowest BCUT2D eigenvalue weighted by molar-refractivity contribution is -0.128. The number of ketones is 1. The molecule has 4 nitrogen and oxygen atoms in total. The van der Waals surface area contributed by atoms with Crippen LogP contribution in [-0.4, -0.2) is 36.3 Å². The first-order valence-electron chi connectivity index (χ1n) is 11.5. The Morgan fingerprint density at radius 1 is 1.03 bits per heavy atom. The summed E-state index contributed by atoms with van der Waals surface area (Å²) in [7, 11) is 4.08. The maximum absolute atomic E-state index is 13.7. The Kier molecular flexibility index (Phi) is 6.48. The summed E-state index contributed by atoms with van der Waals surface area (Å²) in [6.45, 7) is 7.68. The van der Waals surface area contributed by atoms with Crippen molar-refractivity contribution in [3.63, 3.8) is 0 Å². The van der Waals surface area contributed by atoms with Gasteiger partial charge in [0.1, 0.15) is 0 Å². The van der Waals surface area contributed by atoms with E-state index in [0.29, 0.717) is 6.54 Å². The average molecular weight is 440 g/mol. The summed E-state index contributed by atoms with van der Waals surface area (Å²) < 4.78 is 0. The Morgan fingerprint density at radius 3 is 2.33 bits per heavy atom. The van der Waals surface area contributed by atoms with Crippen LogP contribution in [0.2, 0.25) is 0 Å². The summed E-state index contributed by atoms with van der Waals surface area (Å²) in [5.41, 5.74) is 5.89. The van der Waals surface area contributed by atoms with Crippen molar-refractivity contribution in [2.24, 2.45) is 5.41 Å². The number of anilines is 1. The molecule has 3 aromatic rings. The van der Waals surface area contributed by atoms with Crippen molar-refractivity contribution in [2.45, 2.75) is 33.4 Å². The van der Waals surface area contributed by atoms with Gasteiger partial charge in [-0.1, -0.05) is 61.9 Å². The van der Waals surface area contributed by atoms with E-state index < -0.39 is 5.41 Å². The van der Waals surface area contributed by atoms with Crippen molar-refractivity contribution in [1.82, 2.24) is 9.88 Å². The highest BCUT2D eigenvalue weighted by Crippen LogP contribution is 2.42. The third kappa shape index (κ3) is 5.07. The standard InChI is InChI=1S/C29H33N3O/c1-21-9-11-22(12-10-21)19-32-20-29(2,3)28(33)26(18-24-8-6-7-17-30-24)27(32)23-13-15-25(16-14-23)31(4)5/h6-18,27H,19-20H2,1-5H3. The molecule has 0 bridgehead atoms. The molecule has 1 fully saturated rings. The first-order valence-corrected chi connectivity index (χ1v) is 11.5. The Balaban J connectivity index is 1.82. The number of aryl methyl sites for hydroxylation is 1. The molecule has 1 aliphatic heterocycles. The summed E-state index contributed by atoms with van der Waals surface area (Å²) in [6.07, 6.45) is 3.76. The second-order valence-electron chi connectivity index (χ2n) is 9.85. The Morgan fingerprint density at radius 2 is 1.73 bits per heavy atom. The molecule has 2 aromatic carbocycles. The first kappa shape index (κ1) is 22.9. The molecule has 1 unspecified atom stereocenters. The SMILES string of the molecule is Cc1ccc(CN2CC(C)(C)C(=O)C(=Cc3ccccn3)C2c2ccc(N(C)C)cc2)cc1. The van der Waals surface area contributed by atoms with Crippen molar-refractivity contribution in [3.8, 4) is 0 Å². The van der Waals surface area contributed by atoms with Gasteiger partial charge in [-0.25, -0.2) is 0 Å². The van der Waals surface area contributed by atoms with Crippen molar-refractivity contribution in [3.05, 3.63) is 101 Å². The molecule has 4 heteroatoms. The highest BCUT2D eigenvalue weighted by Gasteiger charge is 2.43. The second kappa shape index (κ2) is 9.32. The van der Waals surface area contributed by atoms with Gasteiger partial charge in [-0.15, -0.1) is 0 Å². The quantitative estimate of drug-likeness (QED) is 0.479. The van der Waals surface area contributed by atoms with E-state index in [-0.39, 0.29) is 11.8 Å². The van der Waals surface area contributed by atoms with Crippen LogP contribution in [0.15, 0.2) is 78.5 Å². The van der Waals surface area contributed by atoms with Gasteiger partial charge in [-0.3, -0.25) is 14.7 Å². The number of carbonyl (C=O) groups is 1. The molecule has 1 atom stereocenters. The van der Waals surface area contributed by atoms with Crippen LogP contribution >= 0.6 is 0 Å². The van der Waals surface area contributed by atoms with Gasteiger partial charge in [0.25, 0.3) is 0 Å². The molecule has 33 heavy (non-hydrogen) atoms. The third-order valence-electron chi connectivity index (χ3n) is 6.36. The molecule has 1 saturated heterocycles. The van der Waals surface area contributed by atoms with Gasteiger partial charge in [-0.05, 0) is 48.4 Å². The van der Waals surface area contributed by atoms with Gasteiger partial charge in [0, 0.05) is 50.1 Å². The monoisotopic (exact) mass is 439 g/mol. The minimum absolute atomic E-state index is 0.134. The lowest BCUT2D eigenvalue weighted by Crippen LogP contribution is -2.49. The summed E-state index contributed by atoms with van der Waals surface area (Å²) in [5, 5.41) is 0. The van der Waals surface area contributed by atoms with Crippen LogP contribution in [0.1, 0.15) is 42.3 Å². The zero-order chi connectivity index (χ0) is 23.6. The lowest BCUT2D eigenvalue weighted by Gasteiger charge is -2.44. The largest absolute Gasteiger partial charge is 0.378 e. The number of hydrogen-bond donors (Lipinski definition) is 0. The van der Waals surface area contributed by atoms with Crippen LogP contribution in [0.25, 0.3) is 6.08 Å². The molecule has 0 N–H and O–H groups in total. The van der Waals surface area contributed by atoms with E-state index in [4.69, 9.17) is 0 Å². The molecule has 4 rings (SSSR count). The van der Waals surface area contributed by atoms with Crippen molar-refractivity contribution in [2.75, 3.05) is 25.5 Å². The fourth-order valence-electron chi connectivity index (χ4n) is 4.57. The van der Waals surface area contributed by atoms with E-state index in [2.05, 4.69) is 84.1 Å². The third-order valence-corrected chi connectivity index (χ3v) is 6.36. The predicted octanol–water partition coefficient (Wildman–Crippen LogP) is 5.69. The molecule has 1 aromatic heterocycles. The number of hydrogen-bond acceptors (Lipinski definition) is 4. The first-order chi connectivity index (χ1) is 15.7. The molecule has 0 radical (unpaired) electrons. The van der Waals surface area contributed by atoms with Crippen LogP contribution in [0.4, 0.5) is 5.69 Å². The van der Waals surface area contributed by atoms with Gasteiger partial charge in [0.05, 0.1) is 11.7 Å². The maximum Gasteiger partial charge on any atom is 0.167 e. The fraction of sp³-hybridized carbons (Fsp3) is 0.310. The summed E-state index contributed by atoms with van der Waals surface area (Å²) in [4.78, 5) is 22.7. The molecule has 1 aliphatic rings.